The van der Waals surface area contributed by atoms with Crippen LogP contribution in [0, 0.1) is 0 Å². The summed E-state index contributed by atoms with van der Waals surface area (Å²) in [7, 11) is 0. The SMILES string of the molecule is C[C@H](NC(=O)c1ccc(Br)o1)c1ccc(Cl)s1. The fourth-order valence-corrected chi connectivity index (χ4v) is 2.71. The van der Waals surface area contributed by atoms with Crippen molar-refractivity contribution in [1.29, 1.82) is 0 Å². The molecule has 0 aromatic carbocycles. The van der Waals surface area contributed by atoms with Crippen LogP contribution < -0.4 is 5.32 Å². The molecule has 0 aliphatic carbocycles. The van der Waals surface area contributed by atoms with Crippen molar-refractivity contribution in [2.24, 2.45) is 0 Å². The quantitative estimate of drug-likeness (QED) is 0.912. The molecule has 0 spiro atoms. The highest BCUT2D eigenvalue weighted by Crippen LogP contribution is 2.27. The summed E-state index contributed by atoms with van der Waals surface area (Å²) in [5.74, 6) is 0.0408. The Labute approximate surface area is 116 Å². The Morgan fingerprint density at radius 3 is 2.76 bits per heavy atom. The number of halogens is 2. The van der Waals surface area contributed by atoms with Gasteiger partial charge in [0.2, 0.25) is 0 Å². The minimum absolute atomic E-state index is 0.0936. The van der Waals surface area contributed by atoms with Gasteiger partial charge >= 0.3 is 0 Å². The second kappa shape index (κ2) is 5.25. The molecule has 17 heavy (non-hydrogen) atoms. The fourth-order valence-electron chi connectivity index (χ4n) is 1.34. The third kappa shape index (κ3) is 3.12. The van der Waals surface area contributed by atoms with Crippen molar-refractivity contribution in [2.75, 3.05) is 0 Å². The van der Waals surface area contributed by atoms with Gasteiger partial charge in [0.25, 0.3) is 5.91 Å². The van der Waals surface area contributed by atoms with Crippen LogP contribution in [0.15, 0.2) is 33.4 Å². The summed E-state index contributed by atoms with van der Waals surface area (Å²) >= 11 is 10.4. The third-order valence-corrected chi connectivity index (χ3v) is 4.01. The first-order valence-corrected chi connectivity index (χ1v) is 6.86. The molecule has 0 bridgehead atoms. The number of rotatable bonds is 3. The first kappa shape index (κ1) is 12.7. The van der Waals surface area contributed by atoms with E-state index >= 15 is 0 Å². The summed E-state index contributed by atoms with van der Waals surface area (Å²) in [6.07, 6.45) is 0. The molecule has 0 saturated heterocycles. The standard InChI is InChI=1S/C11H9BrClNO2S/c1-6(8-3-5-10(13)17-8)14-11(15)7-2-4-9(12)16-7/h2-6H,1H3,(H,14,15)/t6-/m0/s1. The van der Waals surface area contributed by atoms with Gasteiger partial charge in [0, 0.05) is 4.88 Å². The number of carbonyl (C=O) groups is 1. The van der Waals surface area contributed by atoms with Gasteiger partial charge in [0.15, 0.2) is 10.4 Å². The molecule has 1 amide bonds. The maximum Gasteiger partial charge on any atom is 0.287 e. The molecular formula is C11H9BrClNO2S. The zero-order valence-electron chi connectivity index (χ0n) is 8.87. The molecular weight excluding hydrogens is 326 g/mol. The lowest BCUT2D eigenvalue weighted by Gasteiger charge is -2.10. The summed E-state index contributed by atoms with van der Waals surface area (Å²) in [4.78, 5) is 12.8. The Kier molecular flexibility index (Phi) is 3.91. The monoisotopic (exact) mass is 333 g/mol. The molecule has 2 rings (SSSR count). The van der Waals surface area contributed by atoms with Crippen LogP contribution in [0.3, 0.4) is 0 Å². The molecule has 0 unspecified atom stereocenters. The van der Waals surface area contributed by atoms with Crippen LogP contribution in [-0.2, 0) is 0 Å². The summed E-state index contributed by atoms with van der Waals surface area (Å²) in [6.45, 7) is 1.90. The van der Waals surface area contributed by atoms with Crippen molar-refractivity contribution in [3.63, 3.8) is 0 Å². The van der Waals surface area contributed by atoms with Gasteiger partial charge in [-0.2, -0.15) is 0 Å². The van der Waals surface area contributed by atoms with Crippen molar-refractivity contribution in [1.82, 2.24) is 5.32 Å². The summed E-state index contributed by atoms with van der Waals surface area (Å²) in [5, 5.41) is 2.84. The predicted molar refractivity (Wildman–Crippen MR) is 71.6 cm³/mol. The van der Waals surface area contributed by atoms with E-state index in [4.69, 9.17) is 16.0 Å². The summed E-state index contributed by atoms with van der Waals surface area (Å²) < 4.78 is 6.42. The lowest BCUT2D eigenvalue weighted by molar-refractivity contribution is 0.0911. The molecule has 0 aliphatic heterocycles. The second-order valence-corrected chi connectivity index (χ2v) is 5.97. The molecule has 2 aromatic rings. The Balaban J connectivity index is 2.04. The minimum atomic E-state index is -0.243. The topological polar surface area (TPSA) is 42.2 Å². The molecule has 0 radical (unpaired) electrons. The summed E-state index contributed by atoms with van der Waals surface area (Å²) in [5.41, 5.74) is 0. The fraction of sp³-hybridized carbons (Fsp3) is 0.182. The van der Waals surface area contributed by atoms with Crippen LogP contribution in [0.1, 0.15) is 28.4 Å². The highest BCUT2D eigenvalue weighted by molar-refractivity contribution is 9.10. The van der Waals surface area contributed by atoms with Crippen LogP contribution in [0.4, 0.5) is 0 Å². The maximum absolute atomic E-state index is 11.8. The lowest BCUT2D eigenvalue weighted by Crippen LogP contribution is -2.25. The molecule has 2 aromatic heterocycles. The third-order valence-electron chi connectivity index (χ3n) is 2.17. The molecule has 2 heterocycles. The van der Waals surface area contributed by atoms with Crippen molar-refractivity contribution in [2.45, 2.75) is 13.0 Å². The Morgan fingerprint density at radius 1 is 1.47 bits per heavy atom. The zero-order chi connectivity index (χ0) is 12.4. The van der Waals surface area contributed by atoms with Gasteiger partial charge in [-0.15, -0.1) is 11.3 Å². The van der Waals surface area contributed by atoms with Gasteiger partial charge < -0.3 is 9.73 Å². The average molecular weight is 335 g/mol. The van der Waals surface area contributed by atoms with Crippen LogP contribution >= 0.6 is 38.9 Å². The molecule has 90 valence electrons. The van der Waals surface area contributed by atoms with E-state index in [-0.39, 0.29) is 17.7 Å². The number of amides is 1. The first-order chi connectivity index (χ1) is 8.06. The van der Waals surface area contributed by atoms with E-state index in [2.05, 4.69) is 21.2 Å². The largest absolute Gasteiger partial charge is 0.444 e. The highest BCUT2D eigenvalue weighted by atomic mass is 79.9. The van der Waals surface area contributed by atoms with Crippen LogP contribution in [-0.4, -0.2) is 5.91 Å². The lowest BCUT2D eigenvalue weighted by atomic mass is 10.2. The number of thiophene rings is 1. The maximum atomic E-state index is 11.8. The average Bonchev–Trinajstić information content (AvgIpc) is 2.87. The first-order valence-electron chi connectivity index (χ1n) is 4.87. The number of hydrogen-bond acceptors (Lipinski definition) is 3. The van der Waals surface area contributed by atoms with E-state index in [0.717, 1.165) is 4.88 Å². The van der Waals surface area contributed by atoms with Crippen molar-refractivity contribution in [3.05, 3.63) is 43.9 Å². The van der Waals surface area contributed by atoms with E-state index < -0.39 is 0 Å². The number of nitrogens with one attached hydrogen (secondary N) is 1. The van der Waals surface area contributed by atoms with E-state index in [1.807, 2.05) is 19.1 Å². The van der Waals surface area contributed by atoms with E-state index in [0.29, 0.717) is 9.01 Å². The molecule has 3 nitrogen and oxygen atoms in total. The van der Waals surface area contributed by atoms with Crippen molar-refractivity contribution < 1.29 is 9.21 Å². The molecule has 1 N–H and O–H groups in total. The van der Waals surface area contributed by atoms with Gasteiger partial charge in [-0.3, -0.25) is 4.79 Å². The molecule has 1 atom stereocenters. The Morgan fingerprint density at radius 2 is 2.24 bits per heavy atom. The van der Waals surface area contributed by atoms with E-state index in [9.17, 15) is 4.79 Å². The molecule has 0 fully saturated rings. The second-order valence-electron chi connectivity index (χ2n) is 3.44. The Hall–Kier alpha value is -0.780. The highest BCUT2D eigenvalue weighted by Gasteiger charge is 2.15. The van der Waals surface area contributed by atoms with Gasteiger partial charge in [0.1, 0.15) is 0 Å². The van der Waals surface area contributed by atoms with Crippen molar-refractivity contribution >= 4 is 44.8 Å². The molecule has 0 saturated carbocycles. The van der Waals surface area contributed by atoms with Crippen molar-refractivity contribution in [3.8, 4) is 0 Å². The summed E-state index contributed by atoms with van der Waals surface area (Å²) in [6, 6.07) is 6.92. The smallest absolute Gasteiger partial charge is 0.287 e. The van der Waals surface area contributed by atoms with Gasteiger partial charge in [-0.05, 0) is 47.1 Å². The van der Waals surface area contributed by atoms with Crippen LogP contribution in [0.2, 0.25) is 4.34 Å². The van der Waals surface area contributed by atoms with Gasteiger partial charge in [-0.25, -0.2) is 0 Å². The number of furan rings is 1. The molecule has 0 aliphatic rings. The van der Waals surface area contributed by atoms with Gasteiger partial charge in [-0.1, -0.05) is 11.6 Å². The van der Waals surface area contributed by atoms with E-state index in [1.165, 1.54) is 11.3 Å². The predicted octanol–water partition coefficient (Wildman–Crippen LogP) is 4.25. The normalized spacial score (nSPS) is 12.4. The number of hydrogen-bond donors (Lipinski definition) is 1. The minimum Gasteiger partial charge on any atom is -0.444 e. The Bertz CT molecular complexity index is 537. The number of carbonyl (C=O) groups excluding carboxylic acids is 1. The van der Waals surface area contributed by atoms with Crippen LogP contribution in [0.25, 0.3) is 0 Å². The van der Waals surface area contributed by atoms with Crippen LogP contribution in [0.5, 0.6) is 0 Å². The van der Waals surface area contributed by atoms with E-state index in [1.54, 1.807) is 12.1 Å². The van der Waals surface area contributed by atoms with Gasteiger partial charge in [0.05, 0.1) is 10.4 Å². The molecule has 6 heteroatoms. The zero-order valence-corrected chi connectivity index (χ0v) is 12.0.